The number of aryl methyl sites for hydroxylation is 1. The number of aromatic amines is 2. The highest BCUT2D eigenvalue weighted by molar-refractivity contribution is 7.90. The van der Waals surface area contributed by atoms with E-state index in [1.807, 2.05) is 30.5 Å². The van der Waals surface area contributed by atoms with Gasteiger partial charge in [-0.2, -0.15) is 0 Å². The third kappa shape index (κ3) is 3.02. The number of fused-ring (bicyclic) bond motifs is 4. The van der Waals surface area contributed by atoms with Crippen LogP contribution in [-0.4, -0.2) is 59.9 Å². The van der Waals surface area contributed by atoms with Gasteiger partial charge in [0.25, 0.3) is 0 Å². The normalized spacial score (nSPS) is 20.9. The molecule has 2 aliphatic rings. The van der Waals surface area contributed by atoms with Gasteiger partial charge in [0.2, 0.25) is 0 Å². The fourth-order valence-electron chi connectivity index (χ4n) is 4.72. The smallest absolute Gasteiger partial charge is 0.162 e. The van der Waals surface area contributed by atoms with E-state index in [0.29, 0.717) is 31.0 Å². The maximum atomic E-state index is 12.4. The fraction of sp³-hybridized carbons (Fsp3) is 0.364. The van der Waals surface area contributed by atoms with Gasteiger partial charge >= 0.3 is 0 Å². The van der Waals surface area contributed by atoms with Gasteiger partial charge < -0.3 is 19.6 Å². The zero-order valence-corrected chi connectivity index (χ0v) is 18.0. The second-order valence-corrected chi connectivity index (χ2v) is 10.6. The van der Waals surface area contributed by atoms with Crippen molar-refractivity contribution in [2.24, 2.45) is 0 Å². The SMILES string of the molecule is C[C@@H]1COCCN1c1nc(-c2cccc3[nH]ccc23)nc2c3c([nH]c12)CCS(=O)(=O)C3. The van der Waals surface area contributed by atoms with E-state index in [1.165, 1.54) is 0 Å². The molecule has 0 spiro atoms. The number of nitrogens with zero attached hydrogens (tertiary/aromatic N) is 3. The molecule has 2 N–H and O–H groups in total. The third-order valence-corrected chi connectivity index (χ3v) is 7.87. The number of benzene rings is 1. The number of rotatable bonds is 2. The fourth-order valence-corrected chi connectivity index (χ4v) is 6.13. The van der Waals surface area contributed by atoms with Crippen LogP contribution in [0.4, 0.5) is 5.82 Å². The molecule has 0 amide bonds. The Balaban J connectivity index is 1.64. The minimum absolute atomic E-state index is 0.0191. The quantitative estimate of drug-likeness (QED) is 0.500. The number of sulfone groups is 1. The van der Waals surface area contributed by atoms with E-state index in [1.54, 1.807) is 0 Å². The third-order valence-electron chi connectivity index (χ3n) is 6.32. The first-order valence-corrected chi connectivity index (χ1v) is 12.3. The first-order chi connectivity index (χ1) is 15.0. The maximum absolute atomic E-state index is 12.4. The van der Waals surface area contributed by atoms with Crippen LogP contribution in [-0.2, 0) is 26.7 Å². The molecule has 160 valence electrons. The second kappa shape index (κ2) is 6.80. The molecule has 0 radical (unpaired) electrons. The van der Waals surface area contributed by atoms with Crippen molar-refractivity contribution in [3.63, 3.8) is 0 Å². The highest BCUT2D eigenvalue weighted by atomic mass is 32.2. The molecule has 1 aromatic carbocycles. The Bertz CT molecular complexity index is 1420. The lowest BCUT2D eigenvalue weighted by molar-refractivity contribution is 0.0987. The van der Waals surface area contributed by atoms with Crippen molar-refractivity contribution in [1.29, 1.82) is 0 Å². The van der Waals surface area contributed by atoms with E-state index >= 15 is 0 Å². The molecule has 5 heterocycles. The summed E-state index contributed by atoms with van der Waals surface area (Å²) in [5.74, 6) is 1.61. The number of hydrogen-bond acceptors (Lipinski definition) is 6. The zero-order chi connectivity index (χ0) is 21.2. The van der Waals surface area contributed by atoms with Crippen molar-refractivity contribution in [3.8, 4) is 11.4 Å². The predicted octanol–water partition coefficient (Wildman–Crippen LogP) is 2.80. The number of nitrogens with one attached hydrogen (secondary N) is 2. The average molecular weight is 438 g/mol. The maximum Gasteiger partial charge on any atom is 0.162 e. The molecule has 1 saturated heterocycles. The van der Waals surface area contributed by atoms with Gasteiger partial charge in [0.05, 0.1) is 36.3 Å². The Kier molecular flexibility index (Phi) is 4.13. The molecule has 3 aromatic heterocycles. The van der Waals surface area contributed by atoms with E-state index < -0.39 is 9.84 Å². The standard InChI is InChI=1S/C22H23N5O3S/c1-13-11-30-9-8-27(13)22-20-19(16-12-31(28,29)10-6-18(16)24-20)25-21(26-22)15-3-2-4-17-14(15)5-7-23-17/h2-5,7,13,23-24H,6,8-12H2,1H3/t13-/m1/s1. The number of hydrogen-bond donors (Lipinski definition) is 2. The molecule has 8 nitrogen and oxygen atoms in total. The lowest BCUT2D eigenvalue weighted by Crippen LogP contribution is -2.44. The van der Waals surface area contributed by atoms with Gasteiger partial charge in [0.15, 0.2) is 21.5 Å². The molecule has 6 rings (SSSR count). The molecule has 0 saturated carbocycles. The molecule has 4 aromatic rings. The first-order valence-electron chi connectivity index (χ1n) is 10.5. The molecule has 0 aliphatic carbocycles. The van der Waals surface area contributed by atoms with Crippen LogP contribution in [0.2, 0.25) is 0 Å². The van der Waals surface area contributed by atoms with Crippen LogP contribution in [0.15, 0.2) is 30.5 Å². The number of aromatic nitrogens is 4. The van der Waals surface area contributed by atoms with Gasteiger partial charge in [-0.1, -0.05) is 12.1 Å². The number of ether oxygens (including phenoxy) is 1. The van der Waals surface area contributed by atoms with Crippen molar-refractivity contribution >= 4 is 37.6 Å². The summed E-state index contributed by atoms with van der Waals surface area (Å²) in [5, 5.41) is 1.04. The van der Waals surface area contributed by atoms with Crippen LogP contribution in [0.25, 0.3) is 33.3 Å². The molecule has 2 aliphatic heterocycles. The summed E-state index contributed by atoms with van der Waals surface area (Å²) in [6, 6.07) is 8.20. The summed E-state index contributed by atoms with van der Waals surface area (Å²) in [4.78, 5) is 18.9. The van der Waals surface area contributed by atoms with Crippen molar-refractivity contribution in [2.45, 2.75) is 25.1 Å². The lowest BCUT2D eigenvalue weighted by Gasteiger charge is -2.34. The Morgan fingerprint density at radius 2 is 2.13 bits per heavy atom. The van der Waals surface area contributed by atoms with E-state index in [4.69, 9.17) is 14.7 Å². The van der Waals surface area contributed by atoms with Crippen molar-refractivity contribution in [1.82, 2.24) is 19.9 Å². The molecular weight excluding hydrogens is 414 g/mol. The van der Waals surface area contributed by atoms with Crippen LogP contribution in [0.5, 0.6) is 0 Å². The Morgan fingerprint density at radius 3 is 3.00 bits per heavy atom. The van der Waals surface area contributed by atoms with Gasteiger partial charge in [0.1, 0.15) is 5.52 Å². The lowest BCUT2D eigenvalue weighted by atomic mass is 10.1. The number of morpholine rings is 1. The van der Waals surface area contributed by atoms with E-state index in [9.17, 15) is 8.42 Å². The largest absolute Gasteiger partial charge is 0.377 e. The second-order valence-electron chi connectivity index (χ2n) is 8.38. The van der Waals surface area contributed by atoms with Gasteiger partial charge in [-0.25, -0.2) is 18.4 Å². The Morgan fingerprint density at radius 1 is 1.23 bits per heavy atom. The summed E-state index contributed by atoms with van der Waals surface area (Å²) >= 11 is 0. The summed E-state index contributed by atoms with van der Waals surface area (Å²) < 4.78 is 30.4. The number of anilines is 1. The van der Waals surface area contributed by atoms with Crippen molar-refractivity contribution < 1.29 is 13.2 Å². The molecule has 0 unspecified atom stereocenters. The number of H-pyrrole nitrogens is 2. The highest BCUT2D eigenvalue weighted by Crippen LogP contribution is 2.36. The monoisotopic (exact) mass is 437 g/mol. The van der Waals surface area contributed by atoms with Gasteiger partial charge in [-0.05, 0) is 19.1 Å². The molecule has 1 fully saturated rings. The van der Waals surface area contributed by atoms with Gasteiger partial charge in [-0.3, -0.25) is 0 Å². The zero-order valence-electron chi connectivity index (χ0n) is 17.2. The molecule has 9 heteroatoms. The molecule has 1 atom stereocenters. The molecule has 0 bridgehead atoms. The van der Waals surface area contributed by atoms with Crippen LogP contribution < -0.4 is 4.90 Å². The Labute approximate surface area is 179 Å². The van der Waals surface area contributed by atoms with Crippen molar-refractivity contribution in [2.75, 3.05) is 30.4 Å². The van der Waals surface area contributed by atoms with Crippen LogP contribution in [0, 0.1) is 0 Å². The van der Waals surface area contributed by atoms with Crippen LogP contribution >= 0.6 is 0 Å². The summed E-state index contributed by atoms with van der Waals surface area (Å²) in [6.07, 6.45) is 2.39. The molecule has 31 heavy (non-hydrogen) atoms. The van der Waals surface area contributed by atoms with Crippen molar-refractivity contribution in [3.05, 3.63) is 41.7 Å². The topological polar surface area (TPSA) is 104 Å². The first kappa shape index (κ1) is 18.8. The summed E-state index contributed by atoms with van der Waals surface area (Å²) in [7, 11) is -3.13. The summed E-state index contributed by atoms with van der Waals surface area (Å²) in [6.45, 7) is 4.10. The minimum Gasteiger partial charge on any atom is -0.377 e. The van der Waals surface area contributed by atoms with E-state index in [-0.39, 0.29) is 17.5 Å². The average Bonchev–Trinajstić information content (AvgIpc) is 3.37. The van der Waals surface area contributed by atoms with Gasteiger partial charge in [-0.15, -0.1) is 0 Å². The van der Waals surface area contributed by atoms with Gasteiger partial charge in [0, 0.05) is 46.9 Å². The summed E-state index contributed by atoms with van der Waals surface area (Å²) in [5.41, 5.74) is 5.22. The van der Waals surface area contributed by atoms with E-state index in [2.05, 4.69) is 21.8 Å². The Hall–Kier alpha value is -2.91. The highest BCUT2D eigenvalue weighted by Gasteiger charge is 2.30. The molecular formula is C22H23N5O3S. The van der Waals surface area contributed by atoms with Crippen LogP contribution in [0.1, 0.15) is 18.2 Å². The minimum atomic E-state index is -3.13. The predicted molar refractivity (Wildman–Crippen MR) is 120 cm³/mol. The van der Waals surface area contributed by atoms with E-state index in [0.717, 1.165) is 45.6 Å². The van der Waals surface area contributed by atoms with Crippen LogP contribution in [0.3, 0.4) is 0 Å².